The van der Waals surface area contributed by atoms with Crippen molar-refractivity contribution in [3.63, 3.8) is 0 Å². The quantitative estimate of drug-likeness (QED) is 0.636. The first-order valence-corrected chi connectivity index (χ1v) is 11.7. The average molecular weight is 465 g/mol. The molecule has 33 heavy (non-hydrogen) atoms. The number of hydrogen-bond acceptors (Lipinski definition) is 7. The number of esters is 1. The highest BCUT2D eigenvalue weighted by Crippen LogP contribution is 2.71. The number of aliphatic hydroxyl groups excluding tert-OH is 1. The van der Waals surface area contributed by atoms with Crippen LogP contribution >= 0.6 is 0 Å². The van der Waals surface area contributed by atoms with Gasteiger partial charge in [-0.25, -0.2) is 14.0 Å². The zero-order valence-electron chi connectivity index (χ0n) is 19.9. The maximum atomic E-state index is 17.2. The Hall–Kier alpha value is -2.22. The van der Waals surface area contributed by atoms with E-state index in [1.165, 1.54) is 19.3 Å². The van der Waals surface area contributed by atoms with Gasteiger partial charge in [-0.3, -0.25) is 4.79 Å². The fourth-order valence-corrected chi connectivity index (χ4v) is 7.65. The monoisotopic (exact) mass is 464 g/mol. The molecule has 0 spiro atoms. The molecular formula is C25H33FO7. The van der Waals surface area contributed by atoms with Gasteiger partial charge in [0, 0.05) is 22.7 Å². The first-order valence-electron chi connectivity index (χ1n) is 11.7. The van der Waals surface area contributed by atoms with Gasteiger partial charge in [0.25, 0.3) is 0 Å². The summed E-state index contributed by atoms with van der Waals surface area (Å²) in [6, 6.07) is 0. The number of fused-ring (bicyclic) bond motifs is 5. The van der Waals surface area contributed by atoms with Crippen LogP contribution in [0.15, 0.2) is 23.8 Å². The highest BCUT2D eigenvalue weighted by molar-refractivity contribution is 6.01. The van der Waals surface area contributed by atoms with E-state index < -0.39 is 52.2 Å². The van der Waals surface area contributed by atoms with E-state index in [9.17, 15) is 19.5 Å². The molecule has 0 amide bonds. The Balaban J connectivity index is 1.83. The van der Waals surface area contributed by atoms with Crippen molar-refractivity contribution in [1.29, 1.82) is 0 Å². The van der Waals surface area contributed by atoms with Gasteiger partial charge in [-0.1, -0.05) is 25.5 Å². The van der Waals surface area contributed by atoms with E-state index >= 15 is 4.39 Å². The third-order valence-electron chi connectivity index (χ3n) is 9.18. The molecule has 0 bridgehead atoms. The number of halogens is 1. The lowest BCUT2D eigenvalue weighted by Crippen LogP contribution is -2.70. The second-order valence-corrected chi connectivity index (χ2v) is 10.4. The molecule has 0 aromatic heterocycles. The molecule has 0 aromatic carbocycles. The molecule has 4 aliphatic carbocycles. The van der Waals surface area contributed by atoms with Crippen molar-refractivity contribution in [3.05, 3.63) is 23.8 Å². The fourth-order valence-electron chi connectivity index (χ4n) is 7.65. The summed E-state index contributed by atoms with van der Waals surface area (Å²) in [5, 5.41) is 11.4. The Morgan fingerprint density at radius 3 is 2.61 bits per heavy atom. The Morgan fingerprint density at radius 2 is 1.97 bits per heavy atom. The van der Waals surface area contributed by atoms with Crippen LogP contribution in [0.3, 0.4) is 0 Å². The van der Waals surface area contributed by atoms with Crippen molar-refractivity contribution in [2.45, 2.75) is 70.8 Å². The predicted octanol–water partition coefficient (Wildman–Crippen LogP) is 3.69. The van der Waals surface area contributed by atoms with Crippen LogP contribution in [-0.2, 0) is 23.8 Å². The number of rotatable bonds is 3. The zero-order valence-corrected chi connectivity index (χ0v) is 19.9. The first-order chi connectivity index (χ1) is 15.4. The van der Waals surface area contributed by atoms with Crippen LogP contribution in [0.5, 0.6) is 0 Å². The number of alkyl halides is 1. The van der Waals surface area contributed by atoms with E-state index in [4.69, 9.17) is 14.2 Å². The summed E-state index contributed by atoms with van der Waals surface area (Å²) in [6.07, 6.45) is 3.25. The zero-order chi connectivity index (χ0) is 24.4. The standard InChI is InChI=1S/C25H33FO7/c1-6-32-21(30)33-25(20(29)31-5)14(2)11-18-17-8-7-15-12-16(27)9-10-22(15,3)24(17,26)19(28)13-23(18,25)4/h9-10,12,14,17-19,28H,6-8,11,13H2,1-5H3/t14-,17+,18+,19+,22+,23+,24+,25+/m1/s1. The van der Waals surface area contributed by atoms with Gasteiger partial charge in [0.05, 0.1) is 19.8 Å². The van der Waals surface area contributed by atoms with E-state index in [-0.39, 0.29) is 24.7 Å². The molecule has 0 radical (unpaired) electrons. The van der Waals surface area contributed by atoms with Crippen LogP contribution < -0.4 is 0 Å². The lowest BCUT2D eigenvalue weighted by atomic mass is 9.44. The lowest BCUT2D eigenvalue weighted by Gasteiger charge is -2.62. The minimum atomic E-state index is -2.03. The summed E-state index contributed by atoms with van der Waals surface area (Å²) < 4.78 is 33.1. The molecule has 4 aliphatic rings. The summed E-state index contributed by atoms with van der Waals surface area (Å²) in [5.74, 6) is -2.35. The van der Waals surface area contributed by atoms with E-state index in [2.05, 4.69) is 0 Å². The Kier molecular flexibility index (Phi) is 5.55. The topological polar surface area (TPSA) is 99.1 Å². The minimum Gasteiger partial charge on any atom is -0.466 e. The van der Waals surface area contributed by atoms with Crippen molar-refractivity contribution in [3.8, 4) is 0 Å². The molecule has 0 heterocycles. The van der Waals surface area contributed by atoms with Crippen molar-refractivity contribution >= 4 is 17.9 Å². The van der Waals surface area contributed by atoms with Gasteiger partial charge in [-0.05, 0) is 57.6 Å². The summed E-state index contributed by atoms with van der Waals surface area (Å²) in [4.78, 5) is 37.7. The number of aliphatic hydroxyl groups is 1. The van der Waals surface area contributed by atoms with Crippen LogP contribution in [0.1, 0.15) is 53.4 Å². The molecular weight excluding hydrogens is 431 g/mol. The molecule has 4 rings (SSSR count). The SMILES string of the molecule is CCOC(=O)O[C@]1(C(=O)OC)[C@H](C)C[C@H]2[C@@H]3CCC4=CC(=O)C=C[C@]4(C)[C@@]3(F)[C@@H](O)C[C@@]21C. The van der Waals surface area contributed by atoms with Gasteiger partial charge in [0.2, 0.25) is 5.60 Å². The van der Waals surface area contributed by atoms with Gasteiger partial charge in [0.1, 0.15) is 0 Å². The molecule has 7 nitrogen and oxygen atoms in total. The van der Waals surface area contributed by atoms with Gasteiger partial charge in [-0.2, -0.15) is 0 Å². The molecule has 0 saturated heterocycles. The predicted molar refractivity (Wildman–Crippen MR) is 116 cm³/mol. The molecule has 0 aromatic rings. The second-order valence-electron chi connectivity index (χ2n) is 10.4. The Labute approximate surface area is 193 Å². The number of methoxy groups -OCH3 is 1. The number of ether oxygens (including phenoxy) is 3. The van der Waals surface area contributed by atoms with Crippen molar-refractivity contribution in [2.24, 2.45) is 28.6 Å². The van der Waals surface area contributed by atoms with Crippen LogP contribution in [0.25, 0.3) is 0 Å². The second kappa shape index (κ2) is 7.65. The van der Waals surface area contributed by atoms with Crippen LogP contribution in [0.4, 0.5) is 9.18 Å². The third-order valence-corrected chi connectivity index (χ3v) is 9.18. The summed E-state index contributed by atoms with van der Waals surface area (Å²) in [5.41, 5.74) is -5.26. The number of hydrogen-bond donors (Lipinski definition) is 1. The van der Waals surface area contributed by atoms with E-state index in [0.717, 1.165) is 0 Å². The molecule has 3 saturated carbocycles. The molecule has 0 aliphatic heterocycles. The van der Waals surface area contributed by atoms with Crippen LogP contribution in [0.2, 0.25) is 0 Å². The summed E-state index contributed by atoms with van der Waals surface area (Å²) in [6.45, 7) is 7.02. The summed E-state index contributed by atoms with van der Waals surface area (Å²) >= 11 is 0. The average Bonchev–Trinajstić information content (AvgIpc) is 2.97. The molecule has 182 valence electrons. The van der Waals surface area contributed by atoms with Crippen LogP contribution in [-0.4, -0.2) is 54.1 Å². The highest BCUT2D eigenvalue weighted by atomic mass is 19.1. The van der Waals surface area contributed by atoms with E-state index in [0.29, 0.717) is 24.8 Å². The maximum absolute atomic E-state index is 17.2. The number of allylic oxidation sites excluding steroid dienone is 4. The molecule has 8 atom stereocenters. The Bertz CT molecular complexity index is 943. The van der Waals surface area contributed by atoms with Gasteiger partial charge >= 0.3 is 12.1 Å². The first kappa shape index (κ1) is 23.9. The number of ketones is 1. The van der Waals surface area contributed by atoms with Gasteiger partial charge in [0.15, 0.2) is 11.5 Å². The van der Waals surface area contributed by atoms with Gasteiger partial charge < -0.3 is 19.3 Å². The normalized spacial score (nSPS) is 45.9. The van der Waals surface area contributed by atoms with Crippen LogP contribution in [0, 0.1) is 28.6 Å². The maximum Gasteiger partial charge on any atom is 0.509 e. The number of carbonyl (C=O) groups is 3. The van der Waals surface area contributed by atoms with Gasteiger partial charge in [-0.15, -0.1) is 0 Å². The third kappa shape index (κ3) is 2.85. The van der Waals surface area contributed by atoms with E-state index in [1.807, 2.05) is 0 Å². The molecule has 3 fully saturated rings. The molecule has 0 unspecified atom stereocenters. The van der Waals surface area contributed by atoms with Crippen molar-refractivity contribution in [2.75, 3.05) is 13.7 Å². The van der Waals surface area contributed by atoms with Crippen molar-refractivity contribution in [1.82, 2.24) is 0 Å². The summed E-state index contributed by atoms with van der Waals surface area (Å²) in [7, 11) is 1.23. The van der Waals surface area contributed by atoms with Crippen molar-refractivity contribution < 1.29 is 38.1 Å². The number of carbonyl (C=O) groups excluding carboxylic acids is 3. The Morgan fingerprint density at radius 1 is 1.27 bits per heavy atom. The molecule has 1 N–H and O–H groups in total. The smallest absolute Gasteiger partial charge is 0.466 e. The van der Waals surface area contributed by atoms with E-state index in [1.54, 1.807) is 33.8 Å². The highest BCUT2D eigenvalue weighted by Gasteiger charge is 2.78. The fraction of sp³-hybridized carbons (Fsp3) is 0.720. The molecule has 8 heteroatoms. The minimum absolute atomic E-state index is 0.0714. The lowest BCUT2D eigenvalue weighted by molar-refractivity contribution is -0.229. The largest absolute Gasteiger partial charge is 0.509 e.